The number of hydrogen-bond donors (Lipinski definition) is 1. The lowest BCUT2D eigenvalue weighted by molar-refractivity contribution is -0.0962. The van der Waals surface area contributed by atoms with E-state index in [2.05, 4.69) is 0 Å². The van der Waals surface area contributed by atoms with Crippen molar-refractivity contribution in [3.63, 3.8) is 0 Å². The fourth-order valence-corrected chi connectivity index (χ4v) is 0.509. The van der Waals surface area contributed by atoms with Gasteiger partial charge >= 0.3 is 0 Å². The molecule has 0 aliphatic rings. The van der Waals surface area contributed by atoms with Crippen molar-refractivity contribution in [3.05, 3.63) is 0 Å². The number of hydrogen-bond acceptors (Lipinski definition) is 2. The Morgan fingerprint density at radius 1 is 1.40 bits per heavy atom. The molecule has 10 heavy (non-hydrogen) atoms. The Kier molecular flexibility index (Phi) is 5.45. The summed E-state index contributed by atoms with van der Waals surface area (Å²) in [5.74, 6) is 0. The molecule has 0 saturated heterocycles. The molecule has 0 heterocycles. The number of halogens is 2. The zero-order chi connectivity index (χ0) is 8.15. The molecule has 0 bridgehead atoms. The molecular formula is C6H12Cl2O2. The highest BCUT2D eigenvalue weighted by Crippen LogP contribution is 2.04. The van der Waals surface area contributed by atoms with Crippen molar-refractivity contribution >= 4 is 23.2 Å². The molecule has 0 aliphatic carbocycles. The quantitative estimate of drug-likeness (QED) is 0.534. The Labute approximate surface area is 71.1 Å². The van der Waals surface area contributed by atoms with Crippen molar-refractivity contribution < 1.29 is 9.84 Å². The molecule has 0 radical (unpaired) electrons. The second kappa shape index (κ2) is 5.19. The summed E-state index contributed by atoms with van der Waals surface area (Å²) in [5, 5.41) is 8.48. The van der Waals surface area contributed by atoms with Crippen LogP contribution < -0.4 is 0 Å². The molecule has 62 valence electrons. The normalized spacial score (nSPS) is 20.1. The van der Waals surface area contributed by atoms with Gasteiger partial charge in [-0.1, -0.05) is 0 Å². The molecule has 3 unspecified atom stereocenters. The van der Waals surface area contributed by atoms with E-state index in [4.69, 9.17) is 33.0 Å². The van der Waals surface area contributed by atoms with Crippen molar-refractivity contribution in [2.24, 2.45) is 0 Å². The first-order chi connectivity index (χ1) is 4.54. The van der Waals surface area contributed by atoms with Crippen molar-refractivity contribution in [1.29, 1.82) is 0 Å². The van der Waals surface area contributed by atoms with Crippen LogP contribution in [0.4, 0.5) is 0 Å². The van der Waals surface area contributed by atoms with Crippen molar-refractivity contribution in [1.82, 2.24) is 0 Å². The number of ether oxygens (including phenoxy) is 1. The fourth-order valence-electron chi connectivity index (χ4n) is 0.364. The first kappa shape index (κ1) is 10.5. The lowest BCUT2D eigenvalue weighted by atomic mass is 10.4. The highest BCUT2D eigenvalue weighted by Gasteiger charge is 2.11. The molecule has 3 atom stereocenters. The Morgan fingerprint density at radius 3 is 2.20 bits per heavy atom. The van der Waals surface area contributed by atoms with Gasteiger partial charge < -0.3 is 9.84 Å². The van der Waals surface area contributed by atoms with Crippen LogP contribution in [0.25, 0.3) is 0 Å². The van der Waals surface area contributed by atoms with Gasteiger partial charge in [-0.05, 0) is 13.8 Å². The molecule has 0 aliphatic heterocycles. The van der Waals surface area contributed by atoms with Crippen LogP contribution in [-0.4, -0.2) is 28.8 Å². The van der Waals surface area contributed by atoms with Crippen LogP contribution in [0.5, 0.6) is 0 Å². The summed E-state index contributed by atoms with van der Waals surface area (Å²) in [6.45, 7) is 3.76. The molecule has 0 aromatic rings. The summed E-state index contributed by atoms with van der Waals surface area (Å²) in [7, 11) is 0. The number of aliphatic hydroxyl groups is 1. The van der Waals surface area contributed by atoms with Crippen LogP contribution in [-0.2, 0) is 4.74 Å². The first-order valence-electron chi connectivity index (χ1n) is 3.12. The van der Waals surface area contributed by atoms with E-state index in [-0.39, 0.29) is 5.38 Å². The van der Waals surface area contributed by atoms with E-state index >= 15 is 0 Å². The Morgan fingerprint density at radius 2 is 1.90 bits per heavy atom. The van der Waals surface area contributed by atoms with E-state index in [9.17, 15) is 0 Å². The lowest BCUT2D eigenvalue weighted by Crippen LogP contribution is -2.24. The van der Waals surface area contributed by atoms with Crippen LogP contribution in [0.15, 0.2) is 0 Å². The Bertz CT molecular complexity index is 85.8. The van der Waals surface area contributed by atoms with E-state index in [1.54, 1.807) is 13.8 Å². The minimum absolute atomic E-state index is 0.0925. The highest BCUT2D eigenvalue weighted by atomic mass is 35.5. The summed E-state index contributed by atoms with van der Waals surface area (Å²) in [6, 6.07) is 0. The van der Waals surface area contributed by atoms with Gasteiger partial charge in [-0.25, -0.2) is 0 Å². The van der Waals surface area contributed by atoms with Crippen molar-refractivity contribution in [2.75, 3.05) is 6.61 Å². The topological polar surface area (TPSA) is 29.5 Å². The SMILES string of the molecule is CC(Cl)COC(O)C(C)Cl. The van der Waals surface area contributed by atoms with E-state index in [1.165, 1.54) is 0 Å². The second-order valence-electron chi connectivity index (χ2n) is 2.18. The van der Waals surface area contributed by atoms with E-state index < -0.39 is 11.7 Å². The second-order valence-corrected chi connectivity index (χ2v) is 3.62. The number of alkyl halides is 2. The minimum Gasteiger partial charge on any atom is -0.367 e. The number of rotatable bonds is 4. The zero-order valence-electron chi connectivity index (χ0n) is 6.05. The first-order valence-corrected chi connectivity index (χ1v) is 3.99. The molecule has 0 spiro atoms. The highest BCUT2D eigenvalue weighted by molar-refractivity contribution is 6.20. The average molecular weight is 187 g/mol. The third-order valence-electron chi connectivity index (χ3n) is 0.890. The summed E-state index contributed by atoms with van der Waals surface area (Å²) >= 11 is 11.0. The third-order valence-corrected chi connectivity index (χ3v) is 1.23. The van der Waals surface area contributed by atoms with Crippen LogP contribution >= 0.6 is 23.2 Å². The standard InChI is InChI=1S/C6H12Cl2O2/c1-4(7)3-10-6(9)5(2)8/h4-6,9H,3H2,1-2H3. The summed E-state index contributed by atoms with van der Waals surface area (Å²) in [5.41, 5.74) is 0. The van der Waals surface area contributed by atoms with Crippen LogP contribution in [0, 0.1) is 0 Å². The van der Waals surface area contributed by atoms with Gasteiger partial charge in [-0.15, -0.1) is 23.2 Å². The summed E-state index contributed by atoms with van der Waals surface area (Å²) < 4.78 is 4.86. The van der Waals surface area contributed by atoms with E-state index in [0.717, 1.165) is 0 Å². The third kappa shape index (κ3) is 5.30. The molecule has 0 fully saturated rings. The van der Waals surface area contributed by atoms with E-state index in [1.807, 2.05) is 0 Å². The van der Waals surface area contributed by atoms with Crippen molar-refractivity contribution in [3.8, 4) is 0 Å². The molecule has 2 nitrogen and oxygen atoms in total. The molecule has 0 aromatic heterocycles. The fraction of sp³-hybridized carbons (Fsp3) is 1.00. The maximum Gasteiger partial charge on any atom is 0.170 e. The van der Waals surface area contributed by atoms with Gasteiger partial charge in [0.1, 0.15) is 0 Å². The lowest BCUT2D eigenvalue weighted by Gasteiger charge is -2.14. The minimum atomic E-state index is -0.914. The van der Waals surface area contributed by atoms with Gasteiger partial charge in [0, 0.05) is 0 Å². The van der Waals surface area contributed by atoms with Gasteiger partial charge in [0.05, 0.1) is 17.4 Å². The average Bonchev–Trinajstić information content (AvgIpc) is 1.82. The van der Waals surface area contributed by atoms with Gasteiger partial charge in [0.25, 0.3) is 0 Å². The molecule has 0 saturated carbocycles. The predicted molar refractivity (Wildman–Crippen MR) is 42.6 cm³/mol. The van der Waals surface area contributed by atoms with Gasteiger partial charge in [-0.2, -0.15) is 0 Å². The Balaban J connectivity index is 3.30. The smallest absolute Gasteiger partial charge is 0.170 e. The maximum absolute atomic E-state index is 8.96. The summed E-state index contributed by atoms with van der Waals surface area (Å²) in [6.07, 6.45) is -0.914. The largest absolute Gasteiger partial charge is 0.367 e. The molecule has 0 amide bonds. The monoisotopic (exact) mass is 186 g/mol. The van der Waals surface area contributed by atoms with Gasteiger partial charge in [0.2, 0.25) is 0 Å². The summed E-state index contributed by atoms with van der Waals surface area (Å²) in [4.78, 5) is 0. The molecule has 0 aromatic carbocycles. The zero-order valence-corrected chi connectivity index (χ0v) is 7.56. The van der Waals surface area contributed by atoms with Crippen molar-refractivity contribution in [2.45, 2.75) is 30.9 Å². The molecular weight excluding hydrogens is 175 g/mol. The predicted octanol–water partition coefficient (Wildman–Crippen LogP) is 1.58. The van der Waals surface area contributed by atoms with Crippen LogP contribution in [0.2, 0.25) is 0 Å². The van der Waals surface area contributed by atoms with Gasteiger partial charge in [-0.3, -0.25) is 0 Å². The maximum atomic E-state index is 8.96. The molecule has 0 rings (SSSR count). The van der Waals surface area contributed by atoms with Crippen LogP contribution in [0.1, 0.15) is 13.8 Å². The van der Waals surface area contributed by atoms with Crippen LogP contribution in [0.3, 0.4) is 0 Å². The molecule has 1 N–H and O–H groups in total. The Hall–Kier alpha value is 0.500. The number of aliphatic hydroxyl groups excluding tert-OH is 1. The van der Waals surface area contributed by atoms with E-state index in [0.29, 0.717) is 6.61 Å². The molecule has 4 heteroatoms. The van der Waals surface area contributed by atoms with Gasteiger partial charge in [0.15, 0.2) is 6.29 Å².